The average Bonchev–Trinajstić information content (AvgIpc) is 2.17. The maximum Gasteiger partial charge on any atom is 0.246 e. The van der Waals surface area contributed by atoms with Crippen molar-refractivity contribution in [1.82, 2.24) is 4.90 Å². The molecule has 1 aliphatic heterocycles. The van der Waals surface area contributed by atoms with Crippen LogP contribution in [0.4, 0.5) is 0 Å². The van der Waals surface area contributed by atoms with Gasteiger partial charge in [-0.3, -0.25) is 4.79 Å². The van der Waals surface area contributed by atoms with Crippen molar-refractivity contribution in [2.75, 3.05) is 13.1 Å². The molecule has 74 valence electrons. The number of amides is 1. The molecule has 1 heterocycles. The van der Waals surface area contributed by atoms with E-state index in [0.29, 0.717) is 18.5 Å². The fourth-order valence-corrected chi connectivity index (χ4v) is 1.80. The second kappa shape index (κ2) is 4.42. The maximum absolute atomic E-state index is 11.4. The van der Waals surface area contributed by atoms with Gasteiger partial charge in [-0.05, 0) is 38.3 Å². The minimum atomic E-state index is 0.0330. The normalized spacial score (nSPS) is 28.6. The molecule has 0 aromatic carbocycles. The van der Waals surface area contributed by atoms with E-state index >= 15 is 0 Å². The monoisotopic (exact) mass is 182 g/mol. The van der Waals surface area contributed by atoms with Crippen molar-refractivity contribution < 1.29 is 4.79 Å². The number of carbonyl (C=O) groups excluding carboxylic acids is 1. The minimum absolute atomic E-state index is 0.0330. The Kier molecular flexibility index (Phi) is 3.48. The van der Waals surface area contributed by atoms with Crippen LogP contribution in [0.2, 0.25) is 0 Å². The summed E-state index contributed by atoms with van der Waals surface area (Å²) in [5.41, 5.74) is 5.59. The van der Waals surface area contributed by atoms with E-state index in [2.05, 4.69) is 13.5 Å². The quantitative estimate of drug-likeness (QED) is 0.641. The van der Waals surface area contributed by atoms with Crippen LogP contribution in [0.3, 0.4) is 0 Å². The Morgan fingerprint density at radius 1 is 1.69 bits per heavy atom. The van der Waals surface area contributed by atoms with Gasteiger partial charge in [-0.1, -0.05) is 6.58 Å². The zero-order valence-corrected chi connectivity index (χ0v) is 8.20. The predicted molar refractivity (Wildman–Crippen MR) is 53.2 cm³/mol. The van der Waals surface area contributed by atoms with E-state index in [1.54, 1.807) is 0 Å². The van der Waals surface area contributed by atoms with Gasteiger partial charge in [0.05, 0.1) is 0 Å². The van der Waals surface area contributed by atoms with Crippen molar-refractivity contribution in [2.45, 2.75) is 25.8 Å². The summed E-state index contributed by atoms with van der Waals surface area (Å²) in [6, 6.07) is 0.341. The number of piperidine rings is 1. The van der Waals surface area contributed by atoms with E-state index in [1.165, 1.54) is 6.08 Å². The number of rotatable bonds is 2. The smallest absolute Gasteiger partial charge is 0.246 e. The Labute approximate surface area is 79.6 Å². The van der Waals surface area contributed by atoms with Crippen molar-refractivity contribution in [3.63, 3.8) is 0 Å². The molecule has 0 radical (unpaired) electrons. The van der Waals surface area contributed by atoms with E-state index in [9.17, 15) is 4.79 Å². The summed E-state index contributed by atoms with van der Waals surface area (Å²) in [7, 11) is 0. The first-order valence-corrected chi connectivity index (χ1v) is 4.82. The third-order valence-corrected chi connectivity index (χ3v) is 2.77. The molecular formula is C10H18N2O. The van der Waals surface area contributed by atoms with E-state index in [1.807, 2.05) is 4.90 Å². The van der Waals surface area contributed by atoms with Crippen molar-refractivity contribution in [2.24, 2.45) is 11.7 Å². The number of hydrogen-bond acceptors (Lipinski definition) is 2. The predicted octanol–water partition coefficient (Wildman–Crippen LogP) is 0.758. The molecule has 0 bridgehead atoms. The van der Waals surface area contributed by atoms with Crippen LogP contribution in [0.5, 0.6) is 0 Å². The van der Waals surface area contributed by atoms with E-state index in [4.69, 9.17) is 5.73 Å². The first-order chi connectivity index (χ1) is 6.19. The average molecular weight is 182 g/mol. The molecule has 0 aliphatic carbocycles. The summed E-state index contributed by atoms with van der Waals surface area (Å²) < 4.78 is 0. The van der Waals surface area contributed by atoms with Crippen LogP contribution in [0.15, 0.2) is 12.7 Å². The number of hydrogen-bond donors (Lipinski definition) is 1. The molecule has 2 unspecified atom stereocenters. The highest BCUT2D eigenvalue weighted by Crippen LogP contribution is 2.21. The fraction of sp³-hybridized carbons (Fsp3) is 0.700. The molecule has 2 N–H and O–H groups in total. The van der Waals surface area contributed by atoms with Crippen LogP contribution in [0.1, 0.15) is 19.8 Å². The van der Waals surface area contributed by atoms with E-state index < -0.39 is 0 Å². The molecule has 13 heavy (non-hydrogen) atoms. The van der Waals surface area contributed by atoms with E-state index in [-0.39, 0.29) is 5.91 Å². The molecule has 3 nitrogen and oxygen atoms in total. The lowest BCUT2D eigenvalue weighted by Gasteiger charge is -2.37. The topological polar surface area (TPSA) is 46.3 Å². The van der Waals surface area contributed by atoms with E-state index in [0.717, 1.165) is 19.4 Å². The Morgan fingerprint density at radius 2 is 2.38 bits per heavy atom. The summed E-state index contributed by atoms with van der Waals surface area (Å²) in [5, 5.41) is 0. The summed E-state index contributed by atoms with van der Waals surface area (Å²) in [4.78, 5) is 13.3. The molecule has 0 saturated carbocycles. The lowest BCUT2D eigenvalue weighted by atomic mass is 9.93. The number of likely N-dealkylation sites (tertiary alicyclic amines) is 1. The van der Waals surface area contributed by atoms with Gasteiger partial charge in [0.2, 0.25) is 5.91 Å². The van der Waals surface area contributed by atoms with Gasteiger partial charge >= 0.3 is 0 Å². The highest BCUT2D eigenvalue weighted by atomic mass is 16.2. The molecule has 2 atom stereocenters. The molecule has 1 saturated heterocycles. The van der Waals surface area contributed by atoms with Crippen LogP contribution >= 0.6 is 0 Å². The van der Waals surface area contributed by atoms with Gasteiger partial charge in [-0.15, -0.1) is 0 Å². The Balaban J connectivity index is 2.59. The lowest BCUT2D eigenvalue weighted by molar-refractivity contribution is -0.130. The van der Waals surface area contributed by atoms with Crippen LogP contribution in [-0.2, 0) is 4.79 Å². The highest BCUT2D eigenvalue weighted by Gasteiger charge is 2.26. The number of nitrogens with two attached hydrogens (primary N) is 1. The van der Waals surface area contributed by atoms with Crippen molar-refractivity contribution in [1.29, 1.82) is 0 Å². The Bertz CT molecular complexity index is 203. The molecular weight excluding hydrogens is 164 g/mol. The van der Waals surface area contributed by atoms with Gasteiger partial charge in [-0.25, -0.2) is 0 Å². The van der Waals surface area contributed by atoms with Crippen LogP contribution < -0.4 is 5.73 Å². The highest BCUT2D eigenvalue weighted by molar-refractivity contribution is 5.87. The van der Waals surface area contributed by atoms with Gasteiger partial charge in [-0.2, -0.15) is 0 Å². The first-order valence-electron chi connectivity index (χ1n) is 4.82. The largest absolute Gasteiger partial charge is 0.336 e. The Hall–Kier alpha value is -0.830. The zero-order valence-electron chi connectivity index (χ0n) is 8.20. The lowest BCUT2D eigenvalue weighted by Crippen LogP contribution is -2.46. The van der Waals surface area contributed by atoms with Gasteiger partial charge < -0.3 is 10.6 Å². The maximum atomic E-state index is 11.4. The third kappa shape index (κ3) is 2.31. The fourth-order valence-electron chi connectivity index (χ4n) is 1.80. The van der Waals surface area contributed by atoms with Crippen LogP contribution in [0.25, 0.3) is 0 Å². The third-order valence-electron chi connectivity index (χ3n) is 2.77. The second-order valence-corrected chi connectivity index (χ2v) is 3.72. The zero-order chi connectivity index (χ0) is 9.84. The standard InChI is InChI=1S/C10H18N2O/c1-3-10(13)12-7-9(6-11)5-4-8(12)2/h3,8-9H,1,4-7,11H2,2H3. The molecule has 1 aliphatic rings. The van der Waals surface area contributed by atoms with Gasteiger partial charge in [0.15, 0.2) is 0 Å². The minimum Gasteiger partial charge on any atom is -0.336 e. The van der Waals surface area contributed by atoms with Crippen molar-refractivity contribution in [3.05, 3.63) is 12.7 Å². The molecule has 1 fully saturated rings. The van der Waals surface area contributed by atoms with Gasteiger partial charge in [0.1, 0.15) is 0 Å². The first kappa shape index (κ1) is 10.3. The molecule has 0 aromatic heterocycles. The summed E-state index contributed by atoms with van der Waals surface area (Å²) in [5.74, 6) is 0.505. The van der Waals surface area contributed by atoms with Crippen molar-refractivity contribution >= 4 is 5.91 Å². The molecule has 1 rings (SSSR count). The van der Waals surface area contributed by atoms with Gasteiger partial charge in [0, 0.05) is 12.6 Å². The second-order valence-electron chi connectivity index (χ2n) is 3.72. The van der Waals surface area contributed by atoms with Gasteiger partial charge in [0.25, 0.3) is 0 Å². The van der Waals surface area contributed by atoms with Crippen LogP contribution in [0, 0.1) is 5.92 Å². The molecule has 0 spiro atoms. The Morgan fingerprint density at radius 3 is 2.92 bits per heavy atom. The van der Waals surface area contributed by atoms with Crippen LogP contribution in [-0.4, -0.2) is 29.9 Å². The SMILES string of the molecule is C=CC(=O)N1CC(CN)CCC1C. The summed E-state index contributed by atoms with van der Waals surface area (Å²) in [6.45, 7) is 7.04. The number of nitrogens with zero attached hydrogens (tertiary/aromatic N) is 1. The summed E-state index contributed by atoms with van der Waals surface area (Å²) >= 11 is 0. The molecule has 1 amide bonds. The van der Waals surface area contributed by atoms with Crippen molar-refractivity contribution in [3.8, 4) is 0 Å². The number of carbonyl (C=O) groups is 1. The molecule has 0 aromatic rings. The molecule has 3 heteroatoms. The summed E-state index contributed by atoms with van der Waals surface area (Å²) in [6.07, 6.45) is 3.58.